The van der Waals surface area contributed by atoms with Gasteiger partial charge in [0.1, 0.15) is 0 Å². The zero-order valence-corrected chi connectivity index (χ0v) is 8.73. The second-order valence-electron chi connectivity index (χ2n) is 4.95. The maximum atomic E-state index is 3.57. The maximum absolute atomic E-state index is 3.57. The fraction of sp³-hybridized carbons (Fsp3) is 1.00. The Morgan fingerprint density at radius 1 is 0.846 bits per heavy atom. The van der Waals surface area contributed by atoms with Crippen LogP contribution in [-0.2, 0) is 0 Å². The molecule has 1 saturated heterocycles. The SMILES string of the molecule is C1CCC(CC2CCCC2)CNC1. The van der Waals surface area contributed by atoms with Crippen molar-refractivity contribution in [2.24, 2.45) is 11.8 Å². The zero-order chi connectivity index (χ0) is 8.93. The highest BCUT2D eigenvalue weighted by molar-refractivity contribution is 4.74. The lowest BCUT2D eigenvalue weighted by Gasteiger charge is -2.18. The molecule has 1 nitrogen and oxygen atoms in total. The zero-order valence-electron chi connectivity index (χ0n) is 8.73. The summed E-state index contributed by atoms with van der Waals surface area (Å²) in [6.07, 6.45) is 11.9. The Labute approximate surface area is 82.3 Å². The van der Waals surface area contributed by atoms with E-state index in [0.717, 1.165) is 11.8 Å². The summed E-state index contributed by atoms with van der Waals surface area (Å²) < 4.78 is 0. The number of nitrogens with one attached hydrogen (secondary N) is 1. The molecule has 2 fully saturated rings. The van der Waals surface area contributed by atoms with E-state index in [1.54, 1.807) is 0 Å². The molecular formula is C12H23N. The fourth-order valence-electron chi connectivity index (χ4n) is 3.01. The average Bonchev–Trinajstić information content (AvgIpc) is 2.49. The van der Waals surface area contributed by atoms with Gasteiger partial charge in [0.15, 0.2) is 0 Å². The summed E-state index contributed by atoms with van der Waals surface area (Å²) in [7, 11) is 0. The third-order valence-corrected chi connectivity index (χ3v) is 3.79. The Kier molecular flexibility index (Phi) is 3.65. The standard InChI is InChI=1S/C12H23N/c1-2-6-11(5-1)9-12-7-3-4-8-13-10-12/h11-13H,1-10H2. The Balaban J connectivity index is 1.71. The Morgan fingerprint density at radius 2 is 1.54 bits per heavy atom. The van der Waals surface area contributed by atoms with Gasteiger partial charge in [-0.1, -0.05) is 32.1 Å². The molecule has 1 N–H and O–H groups in total. The van der Waals surface area contributed by atoms with Crippen molar-refractivity contribution in [2.75, 3.05) is 13.1 Å². The predicted molar refractivity (Wildman–Crippen MR) is 56.8 cm³/mol. The van der Waals surface area contributed by atoms with E-state index >= 15 is 0 Å². The molecule has 2 rings (SSSR count). The van der Waals surface area contributed by atoms with Crippen LogP contribution in [0.4, 0.5) is 0 Å². The Hall–Kier alpha value is -0.0400. The lowest BCUT2D eigenvalue weighted by Crippen LogP contribution is -2.22. The van der Waals surface area contributed by atoms with Gasteiger partial charge in [-0.05, 0) is 44.2 Å². The summed E-state index contributed by atoms with van der Waals surface area (Å²) >= 11 is 0. The van der Waals surface area contributed by atoms with Gasteiger partial charge >= 0.3 is 0 Å². The van der Waals surface area contributed by atoms with Gasteiger partial charge in [0.2, 0.25) is 0 Å². The first-order valence-corrected chi connectivity index (χ1v) is 6.16. The third kappa shape index (κ3) is 2.98. The molecule has 0 amide bonds. The van der Waals surface area contributed by atoms with E-state index < -0.39 is 0 Å². The van der Waals surface area contributed by atoms with Gasteiger partial charge in [-0.25, -0.2) is 0 Å². The minimum Gasteiger partial charge on any atom is -0.316 e. The van der Waals surface area contributed by atoms with Gasteiger partial charge < -0.3 is 5.32 Å². The first-order chi connectivity index (χ1) is 6.45. The monoisotopic (exact) mass is 181 g/mol. The molecule has 76 valence electrons. The smallest absolute Gasteiger partial charge is 0.00204 e. The summed E-state index contributed by atoms with van der Waals surface area (Å²) in [6, 6.07) is 0. The van der Waals surface area contributed by atoms with E-state index in [1.165, 1.54) is 64.5 Å². The van der Waals surface area contributed by atoms with Crippen molar-refractivity contribution in [3.63, 3.8) is 0 Å². The molecule has 0 radical (unpaired) electrons. The molecule has 1 saturated carbocycles. The van der Waals surface area contributed by atoms with Crippen molar-refractivity contribution in [2.45, 2.75) is 51.4 Å². The predicted octanol–water partition coefficient (Wildman–Crippen LogP) is 2.96. The van der Waals surface area contributed by atoms with Crippen LogP contribution in [0.15, 0.2) is 0 Å². The summed E-state index contributed by atoms with van der Waals surface area (Å²) in [4.78, 5) is 0. The molecular weight excluding hydrogens is 158 g/mol. The van der Waals surface area contributed by atoms with Crippen LogP contribution in [0.3, 0.4) is 0 Å². The van der Waals surface area contributed by atoms with Crippen molar-refractivity contribution in [3.05, 3.63) is 0 Å². The number of hydrogen-bond acceptors (Lipinski definition) is 1. The lowest BCUT2D eigenvalue weighted by molar-refractivity contribution is 0.355. The summed E-state index contributed by atoms with van der Waals surface area (Å²) in [5.41, 5.74) is 0. The molecule has 0 aromatic carbocycles. The normalized spacial score (nSPS) is 31.8. The van der Waals surface area contributed by atoms with E-state index in [0.29, 0.717) is 0 Å². The fourth-order valence-corrected chi connectivity index (χ4v) is 3.01. The Morgan fingerprint density at radius 3 is 2.38 bits per heavy atom. The van der Waals surface area contributed by atoms with Gasteiger partial charge in [0.05, 0.1) is 0 Å². The van der Waals surface area contributed by atoms with Crippen LogP contribution in [0, 0.1) is 11.8 Å². The van der Waals surface area contributed by atoms with Crippen molar-refractivity contribution < 1.29 is 0 Å². The minimum absolute atomic E-state index is 1.01. The minimum atomic E-state index is 1.01. The first kappa shape index (κ1) is 9.51. The van der Waals surface area contributed by atoms with Crippen LogP contribution < -0.4 is 5.32 Å². The highest BCUT2D eigenvalue weighted by Crippen LogP contribution is 2.32. The van der Waals surface area contributed by atoms with E-state index in [1.807, 2.05) is 0 Å². The molecule has 13 heavy (non-hydrogen) atoms. The van der Waals surface area contributed by atoms with Crippen LogP contribution in [0.25, 0.3) is 0 Å². The molecule has 0 aromatic rings. The molecule has 1 aliphatic carbocycles. The molecule has 1 aliphatic heterocycles. The van der Waals surface area contributed by atoms with Gasteiger partial charge in [-0.2, -0.15) is 0 Å². The van der Waals surface area contributed by atoms with E-state index in [2.05, 4.69) is 5.32 Å². The second kappa shape index (κ2) is 4.99. The Bertz CT molecular complexity index is 130. The van der Waals surface area contributed by atoms with E-state index in [-0.39, 0.29) is 0 Å². The average molecular weight is 181 g/mol. The van der Waals surface area contributed by atoms with Crippen LogP contribution in [-0.4, -0.2) is 13.1 Å². The van der Waals surface area contributed by atoms with Crippen molar-refractivity contribution in [1.82, 2.24) is 5.32 Å². The van der Waals surface area contributed by atoms with Crippen LogP contribution >= 0.6 is 0 Å². The number of hydrogen-bond donors (Lipinski definition) is 1. The third-order valence-electron chi connectivity index (χ3n) is 3.79. The van der Waals surface area contributed by atoms with Gasteiger partial charge in [-0.3, -0.25) is 0 Å². The topological polar surface area (TPSA) is 12.0 Å². The highest BCUT2D eigenvalue weighted by Gasteiger charge is 2.20. The molecule has 0 aromatic heterocycles. The number of rotatable bonds is 2. The van der Waals surface area contributed by atoms with Crippen LogP contribution in [0.1, 0.15) is 51.4 Å². The van der Waals surface area contributed by atoms with E-state index in [4.69, 9.17) is 0 Å². The largest absolute Gasteiger partial charge is 0.316 e. The van der Waals surface area contributed by atoms with Gasteiger partial charge in [0.25, 0.3) is 0 Å². The molecule has 0 spiro atoms. The molecule has 2 aliphatic rings. The van der Waals surface area contributed by atoms with E-state index in [9.17, 15) is 0 Å². The second-order valence-corrected chi connectivity index (χ2v) is 4.95. The quantitative estimate of drug-likeness (QED) is 0.690. The molecule has 1 heterocycles. The highest BCUT2D eigenvalue weighted by atomic mass is 14.9. The maximum Gasteiger partial charge on any atom is -0.00204 e. The van der Waals surface area contributed by atoms with Crippen molar-refractivity contribution in [3.8, 4) is 0 Å². The summed E-state index contributed by atoms with van der Waals surface area (Å²) in [5.74, 6) is 2.09. The molecule has 1 heteroatoms. The molecule has 1 unspecified atom stereocenters. The summed E-state index contributed by atoms with van der Waals surface area (Å²) in [6.45, 7) is 2.57. The van der Waals surface area contributed by atoms with Gasteiger partial charge in [0, 0.05) is 0 Å². The van der Waals surface area contributed by atoms with Crippen LogP contribution in [0.5, 0.6) is 0 Å². The van der Waals surface area contributed by atoms with Crippen molar-refractivity contribution >= 4 is 0 Å². The van der Waals surface area contributed by atoms with Gasteiger partial charge in [-0.15, -0.1) is 0 Å². The first-order valence-electron chi connectivity index (χ1n) is 6.16. The molecule has 0 bridgehead atoms. The summed E-state index contributed by atoms with van der Waals surface area (Å²) in [5, 5.41) is 3.57. The molecule has 1 atom stereocenters. The van der Waals surface area contributed by atoms with Crippen molar-refractivity contribution in [1.29, 1.82) is 0 Å². The lowest BCUT2D eigenvalue weighted by atomic mass is 9.90. The van der Waals surface area contributed by atoms with Crippen LogP contribution in [0.2, 0.25) is 0 Å².